The molecule has 0 aromatic heterocycles. The van der Waals surface area contributed by atoms with Gasteiger partial charge in [-0.1, -0.05) is 64.6 Å². The molecule has 0 saturated carbocycles. The molecule has 6 heteroatoms. The summed E-state index contributed by atoms with van der Waals surface area (Å²) in [5, 5.41) is 15.1. The van der Waals surface area contributed by atoms with E-state index in [9.17, 15) is 14.7 Å². The summed E-state index contributed by atoms with van der Waals surface area (Å²) in [7, 11) is 0. The number of alkyl carbamates (subject to hydrolysis) is 1. The van der Waals surface area contributed by atoms with Gasteiger partial charge >= 0.3 is 6.09 Å². The number of aliphatic hydroxyl groups excluding tert-OH is 1. The Bertz CT molecular complexity index is 614. The zero-order valence-corrected chi connectivity index (χ0v) is 16.7. The fraction of sp³-hybridized carbons (Fsp3) is 0.524. The molecule has 0 bridgehead atoms. The number of nitrogens with one attached hydrogen (secondary N) is 2. The normalized spacial score (nSPS) is 13.1. The van der Waals surface area contributed by atoms with Crippen molar-refractivity contribution in [3.8, 4) is 0 Å². The van der Waals surface area contributed by atoms with Crippen molar-refractivity contribution in [2.45, 2.75) is 59.2 Å². The molecule has 6 nitrogen and oxygen atoms in total. The van der Waals surface area contributed by atoms with Crippen LogP contribution in [0.5, 0.6) is 0 Å². The van der Waals surface area contributed by atoms with Gasteiger partial charge in [-0.2, -0.15) is 0 Å². The van der Waals surface area contributed by atoms with Crippen molar-refractivity contribution in [2.24, 2.45) is 11.8 Å². The molecule has 0 aliphatic carbocycles. The maximum absolute atomic E-state index is 12.7. The molecule has 0 aliphatic heterocycles. The van der Waals surface area contributed by atoms with Crippen LogP contribution in [0.2, 0.25) is 0 Å². The number of benzene rings is 1. The minimum Gasteiger partial charge on any atom is -0.511 e. The van der Waals surface area contributed by atoms with Crippen molar-refractivity contribution in [2.75, 3.05) is 0 Å². The highest BCUT2D eigenvalue weighted by Gasteiger charge is 2.26. The summed E-state index contributed by atoms with van der Waals surface area (Å²) in [5.74, 6) is 0.0100. The molecule has 150 valence electrons. The van der Waals surface area contributed by atoms with Crippen LogP contribution in [0.4, 0.5) is 4.79 Å². The topological polar surface area (TPSA) is 87.7 Å². The maximum Gasteiger partial charge on any atom is 0.408 e. The van der Waals surface area contributed by atoms with E-state index in [2.05, 4.69) is 17.2 Å². The van der Waals surface area contributed by atoms with Gasteiger partial charge < -0.3 is 20.5 Å². The molecule has 0 aliphatic rings. The third-order valence-electron chi connectivity index (χ3n) is 3.95. The van der Waals surface area contributed by atoms with E-state index in [0.29, 0.717) is 12.8 Å². The number of hydrogen-bond donors (Lipinski definition) is 3. The highest BCUT2D eigenvalue weighted by atomic mass is 16.5. The fourth-order valence-corrected chi connectivity index (χ4v) is 2.63. The Morgan fingerprint density at radius 3 is 2.07 bits per heavy atom. The van der Waals surface area contributed by atoms with Crippen molar-refractivity contribution in [3.05, 3.63) is 48.2 Å². The monoisotopic (exact) mass is 376 g/mol. The van der Waals surface area contributed by atoms with Gasteiger partial charge in [-0.05, 0) is 30.2 Å². The van der Waals surface area contributed by atoms with Crippen molar-refractivity contribution in [1.29, 1.82) is 0 Å². The summed E-state index contributed by atoms with van der Waals surface area (Å²) in [4.78, 5) is 24.8. The molecule has 0 heterocycles. The Hall–Kier alpha value is -2.50. The van der Waals surface area contributed by atoms with Gasteiger partial charge in [0.05, 0.1) is 6.04 Å². The molecule has 0 fully saturated rings. The van der Waals surface area contributed by atoms with Crippen LogP contribution < -0.4 is 10.6 Å². The van der Waals surface area contributed by atoms with Crippen molar-refractivity contribution >= 4 is 12.0 Å². The van der Waals surface area contributed by atoms with Gasteiger partial charge in [0.25, 0.3) is 0 Å². The number of hydrogen-bond acceptors (Lipinski definition) is 4. The van der Waals surface area contributed by atoms with Gasteiger partial charge in [-0.25, -0.2) is 4.79 Å². The quantitative estimate of drug-likeness (QED) is 0.540. The SMILES string of the molecule is C=C(O)C(CC(C)C)NC(=O)C(CC(C)C)NC(=O)OCc1ccccc1. The Balaban J connectivity index is 2.68. The third kappa shape index (κ3) is 9.13. The molecular weight excluding hydrogens is 344 g/mol. The lowest BCUT2D eigenvalue weighted by molar-refractivity contribution is -0.124. The number of aliphatic hydroxyl groups is 1. The molecule has 2 atom stereocenters. The molecule has 1 rings (SSSR count). The minimum absolute atomic E-state index is 0.0907. The van der Waals surface area contributed by atoms with Crippen LogP contribution in [0, 0.1) is 11.8 Å². The van der Waals surface area contributed by atoms with E-state index in [4.69, 9.17) is 4.74 Å². The molecule has 0 saturated heterocycles. The number of amides is 2. The summed E-state index contributed by atoms with van der Waals surface area (Å²) >= 11 is 0. The Morgan fingerprint density at radius 2 is 1.56 bits per heavy atom. The molecule has 27 heavy (non-hydrogen) atoms. The zero-order valence-electron chi connectivity index (χ0n) is 16.7. The highest BCUT2D eigenvalue weighted by Crippen LogP contribution is 2.12. The molecular formula is C21H32N2O4. The van der Waals surface area contributed by atoms with E-state index in [-0.39, 0.29) is 30.1 Å². The number of carbonyl (C=O) groups excluding carboxylic acids is 2. The number of carbonyl (C=O) groups is 2. The molecule has 3 N–H and O–H groups in total. The van der Waals surface area contributed by atoms with Crippen LogP contribution in [0.15, 0.2) is 42.7 Å². The number of ether oxygens (including phenoxy) is 1. The van der Waals surface area contributed by atoms with E-state index in [1.54, 1.807) is 0 Å². The standard InChI is InChI=1S/C21H32N2O4/c1-14(2)11-18(16(5)24)22-20(25)19(12-15(3)4)23-21(26)27-13-17-9-7-6-8-10-17/h6-10,14-15,18-19,24H,5,11-13H2,1-4H3,(H,22,25)(H,23,26). The second-order valence-electron chi connectivity index (χ2n) is 7.57. The molecule has 2 unspecified atom stereocenters. The van der Waals surface area contributed by atoms with Crippen LogP contribution in [0.1, 0.15) is 46.1 Å². The average molecular weight is 376 g/mol. The predicted octanol–water partition coefficient (Wildman–Crippen LogP) is 3.93. The highest BCUT2D eigenvalue weighted by molar-refractivity contribution is 5.86. The first-order valence-electron chi connectivity index (χ1n) is 9.34. The lowest BCUT2D eigenvalue weighted by Gasteiger charge is -2.24. The minimum atomic E-state index is -0.748. The van der Waals surface area contributed by atoms with Gasteiger partial charge in [-0.3, -0.25) is 4.79 Å². The summed E-state index contributed by atoms with van der Waals surface area (Å²) in [6, 6.07) is 8.03. The summed E-state index contributed by atoms with van der Waals surface area (Å²) < 4.78 is 5.21. The van der Waals surface area contributed by atoms with Gasteiger partial charge in [-0.15, -0.1) is 0 Å². The van der Waals surface area contributed by atoms with E-state index in [1.165, 1.54) is 0 Å². The van der Waals surface area contributed by atoms with Crippen LogP contribution in [-0.4, -0.2) is 29.2 Å². The predicted molar refractivity (Wildman–Crippen MR) is 106 cm³/mol. The van der Waals surface area contributed by atoms with Crippen LogP contribution in [-0.2, 0) is 16.1 Å². The number of rotatable bonds is 10. The van der Waals surface area contributed by atoms with Crippen LogP contribution in [0.3, 0.4) is 0 Å². The third-order valence-corrected chi connectivity index (χ3v) is 3.95. The zero-order chi connectivity index (χ0) is 20.4. The van der Waals surface area contributed by atoms with E-state index in [0.717, 1.165) is 5.56 Å². The molecule has 2 amide bonds. The van der Waals surface area contributed by atoms with Crippen molar-refractivity contribution < 1.29 is 19.4 Å². The first kappa shape index (κ1) is 22.5. The van der Waals surface area contributed by atoms with E-state index < -0.39 is 18.2 Å². The second-order valence-corrected chi connectivity index (χ2v) is 7.57. The molecule has 1 aromatic carbocycles. The smallest absolute Gasteiger partial charge is 0.408 e. The summed E-state index contributed by atoms with van der Waals surface area (Å²) in [6.45, 7) is 11.6. The Morgan fingerprint density at radius 1 is 1.00 bits per heavy atom. The summed E-state index contributed by atoms with van der Waals surface area (Å²) in [5.41, 5.74) is 0.867. The maximum atomic E-state index is 12.7. The van der Waals surface area contributed by atoms with Gasteiger partial charge in [0.15, 0.2) is 0 Å². The lowest BCUT2D eigenvalue weighted by atomic mass is 10.00. The van der Waals surface area contributed by atoms with Crippen molar-refractivity contribution in [3.63, 3.8) is 0 Å². The molecule has 0 radical (unpaired) electrons. The van der Waals surface area contributed by atoms with Gasteiger partial charge in [0.2, 0.25) is 5.91 Å². The molecule has 1 aromatic rings. The Kier molecular flexibility index (Phi) is 9.40. The first-order chi connectivity index (χ1) is 12.7. The van der Waals surface area contributed by atoms with E-state index >= 15 is 0 Å². The summed E-state index contributed by atoms with van der Waals surface area (Å²) in [6.07, 6.45) is 0.370. The second kappa shape index (κ2) is 11.3. The molecule has 0 spiro atoms. The lowest BCUT2D eigenvalue weighted by Crippen LogP contribution is -2.50. The van der Waals surface area contributed by atoms with Crippen molar-refractivity contribution in [1.82, 2.24) is 10.6 Å². The van der Waals surface area contributed by atoms with Gasteiger partial charge in [0, 0.05) is 0 Å². The van der Waals surface area contributed by atoms with Crippen LogP contribution >= 0.6 is 0 Å². The van der Waals surface area contributed by atoms with E-state index in [1.807, 2.05) is 58.0 Å². The van der Waals surface area contributed by atoms with Gasteiger partial charge in [0.1, 0.15) is 18.4 Å². The largest absolute Gasteiger partial charge is 0.511 e. The first-order valence-corrected chi connectivity index (χ1v) is 9.34. The fourth-order valence-electron chi connectivity index (χ4n) is 2.63. The Labute approximate surface area is 162 Å². The van der Waals surface area contributed by atoms with Crippen LogP contribution in [0.25, 0.3) is 0 Å². The average Bonchev–Trinajstić information content (AvgIpc) is 2.58.